The predicted molar refractivity (Wildman–Crippen MR) is 174 cm³/mol. The molecule has 0 N–H and O–H groups in total. The van der Waals surface area contributed by atoms with Crippen molar-refractivity contribution in [3.63, 3.8) is 0 Å². The van der Waals surface area contributed by atoms with E-state index in [1.165, 1.54) is 89.9 Å². The van der Waals surface area contributed by atoms with Crippen LogP contribution in [-0.2, 0) is 38.2 Å². The Kier molecular flexibility index (Phi) is 14.3. The van der Waals surface area contributed by atoms with E-state index in [1.54, 1.807) is 12.1 Å². The zero-order valence-corrected chi connectivity index (χ0v) is 28.0. The normalized spacial score (nSPS) is 23.7. The van der Waals surface area contributed by atoms with Crippen LogP contribution in [0, 0.1) is 24.7 Å². The molecule has 2 aliphatic heterocycles. The highest BCUT2D eigenvalue weighted by Crippen LogP contribution is 2.54. The summed E-state index contributed by atoms with van der Waals surface area (Å²) in [4.78, 5) is 64.2. The number of ether oxygens (including phenoxy) is 3. The van der Waals surface area contributed by atoms with Crippen molar-refractivity contribution in [3.05, 3.63) is 34.9 Å². The molecular weight excluding hydrogens is 584 g/mol. The Morgan fingerprint density at radius 1 is 0.674 bits per heavy atom. The van der Waals surface area contributed by atoms with Crippen LogP contribution in [0.1, 0.15) is 157 Å². The van der Waals surface area contributed by atoms with Crippen LogP contribution < -0.4 is 0 Å². The van der Waals surface area contributed by atoms with Gasteiger partial charge in [-0.1, -0.05) is 140 Å². The first-order valence-electron chi connectivity index (χ1n) is 18.1. The molecule has 1 aromatic rings. The van der Waals surface area contributed by atoms with Gasteiger partial charge in [-0.15, -0.1) is 0 Å². The number of carbonyl (C=O) groups is 5. The lowest BCUT2D eigenvalue weighted by Gasteiger charge is -2.38. The van der Waals surface area contributed by atoms with Gasteiger partial charge in [0.2, 0.25) is 0 Å². The second kappa shape index (κ2) is 18.3. The number of fused-ring (bicyclic) bond motifs is 3. The van der Waals surface area contributed by atoms with Crippen molar-refractivity contribution in [2.75, 3.05) is 6.61 Å². The zero-order valence-electron chi connectivity index (χ0n) is 28.0. The molecule has 1 aromatic carbocycles. The van der Waals surface area contributed by atoms with E-state index in [-0.39, 0.29) is 13.0 Å². The van der Waals surface area contributed by atoms with Crippen molar-refractivity contribution in [1.82, 2.24) is 0 Å². The van der Waals surface area contributed by atoms with Gasteiger partial charge in [-0.05, 0) is 24.5 Å². The van der Waals surface area contributed by atoms with Gasteiger partial charge in [0, 0.05) is 5.92 Å². The number of benzene rings is 1. The Morgan fingerprint density at radius 2 is 1.22 bits per heavy atom. The summed E-state index contributed by atoms with van der Waals surface area (Å²) in [6.07, 6.45) is 22.5. The highest BCUT2D eigenvalue weighted by molar-refractivity contribution is 6.03. The Bertz CT molecular complexity index is 1210. The molecule has 46 heavy (non-hydrogen) atoms. The van der Waals surface area contributed by atoms with Gasteiger partial charge in [-0.2, -0.15) is 0 Å². The summed E-state index contributed by atoms with van der Waals surface area (Å²) in [5.41, 5.74) is 2.01. The average molecular weight is 639 g/mol. The van der Waals surface area contributed by atoms with E-state index in [0.717, 1.165) is 24.8 Å². The quantitative estimate of drug-likeness (QED) is 0.0574. The summed E-state index contributed by atoms with van der Waals surface area (Å²) >= 11 is 0. The Morgan fingerprint density at radius 3 is 1.74 bits per heavy atom. The fourth-order valence-corrected chi connectivity index (χ4v) is 7.67. The van der Waals surface area contributed by atoms with Gasteiger partial charge in [0.25, 0.3) is 0 Å². The molecule has 254 valence electrons. The summed E-state index contributed by atoms with van der Waals surface area (Å²) in [7, 11) is 0. The minimum atomic E-state index is -1.13. The molecule has 3 aliphatic rings. The molecule has 8 nitrogen and oxygen atoms in total. The third kappa shape index (κ3) is 9.51. The van der Waals surface area contributed by atoms with Crippen molar-refractivity contribution in [2.24, 2.45) is 17.8 Å². The first-order valence-corrected chi connectivity index (χ1v) is 18.1. The van der Waals surface area contributed by atoms with E-state index in [4.69, 9.17) is 14.2 Å². The minimum Gasteiger partial charge on any atom is -0.465 e. The first kappa shape index (κ1) is 35.8. The van der Waals surface area contributed by atoms with Crippen molar-refractivity contribution in [3.8, 4) is 0 Å². The summed E-state index contributed by atoms with van der Waals surface area (Å²) in [5, 5.41) is 0. The SMILES string of the molecule is CCCCCCCCCCCCCCCCCCCCOC(=O)C1C2C(=O)OC(=O)C2c2cc(C)ccc2C1C1CC(=O)OC1=O. The molecule has 8 heteroatoms. The average Bonchev–Trinajstić information content (AvgIpc) is 3.52. The number of aryl methyl sites for hydroxylation is 1. The molecule has 5 unspecified atom stereocenters. The summed E-state index contributed by atoms with van der Waals surface area (Å²) in [6, 6.07) is 5.40. The van der Waals surface area contributed by atoms with Gasteiger partial charge < -0.3 is 14.2 Å². The monoisotopic (exact) mass is 638 g/mol. The van der Waals surface area contributed by atoms with Crippen LogP contribution in [0.2, 0.25) is 0 Å². The summed E-state index contributed by atoms with van der Waals surface area (Å²) in [6.45, 7) is 4.32. The van der Waals surface area contributed by atoms with E-state index < -0.39 is 59.4 Å². The van der Waals surface area contributed by atoms with Gasteiger partial charge in [0.1, 0.15) is 0 Å². The maximum Gasteiger partial charge on any atom is 0.321 e. The fraction of sp³-hybridized carbons (Fsp3) is 0.711. The molecule has 0 amide bonds. The van der Waals surface area contributed by atoms with E-state index in [0.29, 0.717) is 17.5 Å². The number of carbonyl (C=O) groups excluding carboxylic acids is 5. The Hall–Kier alpha value is -3.03. The topological polar surface area (TPSA) is 113 Å². The number of hydrogen-bond acceptors (Lipinski definition) is 8. The lowest BCUT2D eigenvalue weighted by atomic mass is 9.60. The van der Waals surface area contributed by atoms with Crippen LogP contribution >= 0.6 is 0 Å². The number of unbranched alkanes of at least 4 members (excludes halogenated alkanes) is 17. The lowest BCUT2D eigenvalue weighted by Crippen LogP contribution is -2.44. The zero-order chi connectivity index (χ0) is 32.9. The number of cyclic esters (lactones) is 4. The van der Waals surface area contributed by atoms with E-state index in [2.05, 4.69) is 6.92 Å². The number of hydrogen-bond donors (Lipinski definition) is 0. The molecule has 4 rings (SSSR count). The molecular formula is C38H54O8. The van der Waals surface area contributed by atoms with Crippen LogP contribution in [0.3, 0.4) is 0 Å². The van der Waals surface area contributed by atoms with E-state index >= 15 is 0 Å². The largest absolute Gasteiger partial charge is 0.465 e. The Balaban J connectivity index is 1.17. The van der Waals surface area contributed by atoms with Gasteiger partial charge in [0.15, 0.2) is 0 Å². The van der Waals surface area contributed by atoms with Crippen LogP contribution in [0.4, 0.5) is 0 Å². The number of esters is 5. The second-order valence-corrected chi connectivity index (χ2v) is 13.7. The molecule has 1 aliphatic carbocycles. The second-order valence-electron chi connectivity index (χ2n) is 13.7. The third-order valence-corrected chi connectivity index (χ3v) is 10.1. The fourth-order valence-electron chi connectivity index (χ4n) is 7.67. The van der Waals surface area contributed by atoms with Gasteiger partial charge in [0.05, 0.1) is 36.7 Å². The summed E-state index contributed by atoms with van der Waals surface area (Å²) in [5.74, 6) is -8.48. The first-order chi connectivity index (χ1) is 22.3. The third-order valence-electron chi connectivity index (χ3n) is 10.1. The molecule has 2 saturated heterocycles. The van der Waals surface area contributed by atoms with Gasteiger partial charge in [-0.3, -0.25) is 24.0 Å². The predicted octanol–water partition coefficient (Wildman–Crippen LogP) is 8.17. The molecule has 2 heterocycles. The molecule has 2 fully saturated rings. The van der Waals surface area contributed by atoms with Crippen LogP contribution in [0.5, 0.6) is 0 Å². The lowest BCUT2D eigenvalue weighted by molar-refractivity contribution is -0.161. The smallest absolute Gasteiger partial charge is 0.321 e. The minimum absolute atomic E-state index is 0.190. The molecule has 0 aromatic heterocycles. The van der Waals surface area contributed by atoms with Crippen LogP contribution in [0.25, 0.3) is 0 Å². The molecule has 0 spiro atoms. The van der Waals surface area contributed by atoms with Crippen LogP contribution in [-0.4, -0.2) is 36.5 Å². The van der Waals surface area contributed by atoms with Gasteiger partial charge >= 0.3 is 29.8 Å². The van der Waals surface area contributed by atoms with E-state index in [1.807, 2.05) is 13.0 Å². The molecule has 0 radical (unpaired) electrons. The number of rotatable bonds is 21. The standard InChI is InChI=1S/C38H54O8/c1-3-4-5-6-7-8-9-10-11-12-13-14-15-16-17-18-19-20-23-44-36(41)33-31(29-25-30(39)45-35(29)40)27-22-21-26(2)24-28(27)32-34(33)38(43)46-37(32)42/h21-22,24,29,31-34H,3-20,23,25H2,1-2H3. The highest BCUT2D eigenvalue weighted by Gasteiger charge is 2.61. The van der Waals surface area contributed by atoms with Crippen molar-refractivity contribution in [2.45, 2.75) is 148 Å². The van der Waals surface area contributed by atoms with Gasteiger partial charge in [-0.25, -0.2) is 0 Å². The van der Waals surface area contributed by atoms with Crippen molar-refractivity contribution < 1.29 is 38.2 Å². The Labute approximate surface area is 274 Å². The van der Waals surface area contributed by atoms with E-state index in [9.17, 15) is 24.0 Å². The summed E-state index contributed by atoms with van der Waals surface area (Å²) < 4.78 is 15.6. The van der Waals surface area contributed by atoms with Crippen molar-refractivity contribution >= 4 is 29.8 Å². The molecule has 5 atom stereocenters. The van der Waals surface area contributed by atoms with Crippen molar-refractivity contribution in [1.29, 1.82) is 0 Å². The maximum absolute atomic E-state index is 13.6. The molecule has 0 bridgehead atoms. The highest BCUT2D eigenvalue weighted by atomic mass is 16.6. The molecule has 0 saturated carbocycles. The maximum atomic E-state index is 13.6. The van der Waals surface area contributed by atoms with Crippen LogP contribution in [0.15, 0.2) is 18.2 Å².